The minimum Gasteiger partial charge on any atom is -0.298 e. The number of nitrogens with zero attached hydrogens (tertiary/aromatic N) is 4. The van der Waals surface area contributed by atoms with Crippen LogP contribution in [0.5, 0.6) is 0 Å². The van der Waals surface area contributed by atoms with Crippen LogP contribution in [0.1, 0.15) is 23.1 Å². The highest BCUT2D eigenvalue weighted by molar-refractivity contribution is 5.81. The van der Waals surface area contributed by atoms with Crippen LogP contribution in [0.3, 0.4) is 0 Å². The number of para-hydroxylation sites is 1. The van der Waals surface area contributed by atoms with Crippen LogP contribution in [0.15, 0.2) is 36.5 Å². The summed E-state index contributed by atoms with van der Waals surface area (Å²) in [7, 11) is 0. The zero-order valence-electron chi connectivity index (χ0n) is 13.6. The second kappa shape index (κ2) is 6.28. The third-order valence-electron chi connectivity index (χ3n) is 4.77. The molecule has 0 unspecified atom stereocenters. The maximum absolute atomic E-state index is 13.5. The van der Waals surface area contributed by atoms with Crippen LogP contribution < -0.4 is 0 Å². The van der Waals surface area contributed by atoms with Crippen molar-refractivity contribution < 1.29 is 4.39 Å². The first-order chi connectivity index (χ1) is 11.7. The van der Waals surface area contributed by atoms with Gasteiger partial charge in [-0.15, -0.1) is 0 Å². The number of hydrogen-bond donors (Lipinski definition) is 1. The number of aromatic amines is 1. The zero-order chi connectivity index (χ0) is 16.5. The Balaban J connectivity index is 1.57. The van der Waals surface area contributed by atoms with Gasteiger partial charge in [-0.3, -0.25) is 19.4 Å². The van der Waals surface area contributed by atoms with Gasteiger partial charge in [-0.2, -0.15) is 5.10 Å². The van der Waals surface area contributed by atoms with E-state index in [2.05, 4.69) is 49.3 Å². The first-order valence-corrected chi connectivity index (χ1v) is 8.24. The Labute approximate surface area is 139 Å². The summed E-state index contributed by atoms with van der Waals surface area (Å²) in [6.45, 7) is 3.79. The monoisotopic (exact) mass is 325 g/mol. The number of alkyl halides is 1. The van der Waals surface area contributed by atoms with Crippen LogP contribution in [-0.2, 0) is 6.54 Å². The summed E-state index contributed by atoms with van der Waals surface area (Å²) in [5.41, 5.74) is 2.20. The summed E-state index contributed by atoms with van der Waals surface area (Å²) in [4.78, 5) is 11.2. The van der Waals surface area contributed by atoms with Crippen molar-refractivity contribution in [3.05, 3.63) is 53.7 Å². The van der Waals surface area contributed by atoms with Crippen molar-refractivity contribution in [1.29, 1.82) is 0 Å². The third-order valence-corrected chi connectivity index (χ3v) is 4.77. The van der Waals surface area contributed by atoms with Gasteiger partial charge in [0.05, 0.1) is 12.2 Å². The minimum atomic E-state index is -0.345. The van der Waals surface area contributed by atoms with E-state index < -0.39 is 0 Å². The van der Waals surface area contributed by atoms with Crippen LogP contribution >= 0.6 is 0 Å². The van der Waals surface area contributed by atoms with Crippen molar-refractivity contribution in [1.82, 2.24) is 25.1 Å². The number of benzene rings is 1. The van der Waals surface area contributed by atoms with Crippen molar-refractivity contribution in [3.8, 4) is 0 Å². The second-order valence-electron chi connectivity index (χ2n) is 6.49. The predicted molar refractivity (Wildman–Crippen MR) is 90.3 cm³/mol. The van der Waals surface area contributed by atoms with E-state index >= 15 is 0 Å². The van der Waals surface area contributed by atoms with E-state index in [-0.39, 0.29) is 18.5 Å². The SMILES string of the molecule is Cc1nc([C@@H]2CN(Cc3cccc4cccnc34)C[C@H]2CF)n[nH]1. The van der Waals surface area contributed by atoms with Crippen molar-refractivity contribution in [2.45, 2.75) is 19.4 Å². The fourth-order valence-corrected chi connectivity index (χ4v) is 3.60. The molecule has 1 saturated heterocycles. The molecule has 0 spiro atoms. The highest BCUT2D eigenvalue weighted by Gasteiger charge is 2.36. The van der Waals surface area contributed by atoms with Crippen molar-refractivity contribution in [2.75, 3.05) is 19.8 Å². The summed E-state index contributed by atoms with van der Waals surface area (Å²) in [5, 5.41) is 8.25. The van der Waals surface area contributed by atoms with Gasteiger partial charge in [-0.1, -0.05) is 24.3 Å². The molecule has 1 aromatic carbocycles. The number of aromatic nitrogens is 4. The Hall–Kier alpha value is -2.34. The number of aryl methyl sites for hydroxylation is 1. The molecule has 1 aliphatic rings. The van der Waals surface area contributed by atoms with Gasteiger partial charge in [-0.05, 0) is 18.6 Å². The summed E-state index contributed by atoms with van der Waals surface area (Å²) in [5.74, 6) is 1.50. The van der Waals surface area contributed by atoms with Crippen molar-refractivity contribution in [3.63, 3.8) is 0 Å². The number of nitrogens with one attached hydrogen (secondary N) is 1. The molecular formula is C18H20FN5. The maximum atomic E-state index is 13.5. The van der Waals surface area contributed by atoms with E-state index in [0.29, 0.717) is 0 Å². The highest BCUT2D eigenvalue weighted by Crippen LogP contribution is 2.32. The molecule has 0 amide bonds. The van der Waals surface area contributed by atoms with Gasteiger partial charge in [0.25, 0.3) is 0 Å². The zero-order valence-corrected chi connectivity index (χ0v) is 13.6. The molecule has 0 radical (unpaired) electrons. The van der Waals surface area contributed by atoms with Gasteiger partial charge in [0.15, 0.2) is 5.82 Å². The number of hydrogen-bond acceptors (Lipinski definition) is 4. The molecular weight excluding hydrogens is 305 g/mol. The molecule has 0 bridgehead atoms. The Kier molecular flexibility index (Phi) is 3.98. The molecule has 1 N–H and O–H groups in total. The van der Waals surface area contributed by atoms with Crippen LogP contribution in [0.25, 0.3) is 10.9 Å². The maximum Gasteiger partial charge on any atom is 0.155 e. The molecule has 0 saturated carbocycles. The van der Waals surface area contributed by atoms with Crippen LogP contribution in [-0.4, -0.2) is 44.8 Å². The lowest BCUT2D eigenvalue weighted by Gasteiger charge is -2.16. The number of H-pyrrole nitrogens is 1. The first-order valence-electron chi connectivity index (χ1n) is 8.24. The van der Waals surface area contributed by atoms with E-state index in [1.165, 1.54) is 5.56 Å². The molecule has 124 valence electrons. The fraction of sp³-hybridized carbons (Fsp3) is 0.389. The molecule has 2 aromatic heterocycles. The van der Waals surface area contributed by atoms with Crippen LogP contribution in [0.4, 0.5) is 4.39 Å². The van der Waals surface area contributed by atoms with Gasteiger partial charge < -0.3 is 0 Å². The molecule has 3 heterocycles. The molecule has 24 heavy (non-hydrogen) atoms. The molecule has 5 nitrogen and oxygen atoms in total. The van der Waals surface area contributed by atoms with Gasteiger partial charge in [0, 0.05) is 43.1 Å². The Morgan fingerprint density at radius 1 is 1.25 bits per heavy atom. The Morgan fingerprint density at radius 3 is 2.92 bits per heavy atom. The lowest BCUT2D eigenvalue weighted by Crippen LogP contribution is -2.21. The average molecular weight is 325 g/mol. The van der Waals surface area contributed by atoms with Gasteiger partial charge in [0.2, 0.25) is 0 Å². The molecule has 0 aliphatic carbocycles. The first kappa shape index (κ1) is 15.2. The number of likely N-dealkylation sites (tertiary alicyclic amines) is 1. The summed E-state index contributed by atoms with van der Waals surface area (Å²) in [6, 6.07) is 10.2. The minimum absolute atomic E-state index is 0.0443. The lowest BCUT2D eigenvalue weighted by atomic mass is 9.97. The fourth-order valence-electron chi connectivity index (χ4n) is 3.60. The number of halogens is 1. The van der Waals surface area contributed by atoms with Gasteiger partial charge in [0.1, 0.15) is 5.82 Å². The van der Waals surface area contributed by atoms with Crippen molar-refractivity contribution in [2.24, 2.45) is 5.92 Å². The second-order valence-corrected chi connectivity index (χ2v) is 6.49. The predicted octanol–water partition coefficient (Wildman–Crippen LogP) is 2.85. The van der Waals surface area contributed by atoms with Gasteiger partial charge >= 0.3 is 0 Å². The van der Waals surface area contributed by atoms with E-state index in [9.17, 15) is 4.39 Å². The van der Waals surface area contributed by atoms with E-state index in [0.717, 1.165) is 42.2 Å². The largest absolute Gasteiger partial charge is 0.298 e. The standard InChI is InChI=1S/C18H20FN5/c1-12-21-18(23-22-12)16-11-24(10-15(16)8-19)9-14-5-2-4-13-6-3-7-20-17(13)14/h2-7,15-16H,8-11H2,1H3,(H,21,22,23)/t15-,16-/m1/s1. The van der Waals surface area contributed by atoms with E-state index in [4.69, 9.17) is 0 Å². The molecule has 1 aliphatic heterocycles. The lowest BCUT2D eigenvalue weighted by molar-refractivity contribution is 0.296. The van der Waals surface area contributed by atoms with Crippen molar-refractivity contribution >= 4 is 10.9 Å². The average Bonchev–Trinajstić information content (AvgIpc) is 3.21. The highest BCUT2D eigenvalue weighted by atomic mass is 19.1. The van der Waals surface area contributed by atoms with E-state index in [1.807, 2.05) is 19.2 Å². The molecule has 6 heteroatoms. The molecule has 3 aromatic rings. The number of pyridine rings is 1. The smallest absolute Gasteiger partial charge is 0.155 e. The molecule has 2 atom stereocenters. The number of rotatable bonds is 4. The topological polar surface area (TPSA) is 57.7 Å². The molecule has 1 fully saturated rings. The molecule has 4 rings (SSSR count). The number of fused-ring (bicyclic) bond motifs is 1. The summed E-state index contributed by atoms with van der Waals surface area (Å²) >= 11 is 0. The van der Waals surface area contributed by atoms with E-state index in [1.54, 1.807) is 0 Å². The quantitative estimate of drug-likeness (QED) is 0.801. The Bertz CT molecular complexity index is 841. The third kappa shape index (κ3) is 2.78. The summed E-state index contributed by atoms with van der Waals surface area (Å²) < 4.78 is 13.5. The summed E-state index contributed by atoms with van der Waals surface area (Å²) in [6.07, 6.45) is 1.82. The van der Waals surface area contributed by atoms with Crippen LogP contribution in [0.2, 0.25) is 0 Å². The van der Waals surface area contributed by atoms with Crippen LogP contribution in [0, 0.1) is 12.8 Å². The normalized spacial score (nSPS) is 21.6. The van der Waals surface area contributed by atoms with Gasteiger partial charge in [-0.25, -0.2) is 4.98 Å². The Morgan fingerprint density at radius 2 is 2.12 bits per heavy atom.